The molecule has 0 saturated heterocycles. The zero-order valence-corrected chi connectivity index (χ0v) is 19.5. The third-order valence-electron chi connectivity index (χ3n) is 4.74. The summed E-state index contributed by atoms with van der Waals surface area (Å²) >= 11 is 3.23. The summed E-state index contributed by atoms with van der Waals surface area (Å²) in [5.74, 6) is 1.52. The summed E-state index contributed by atoms with van der Waals surface area (Å²) in [4.78, 5) is 12.5. The molecule has 2 aromatic carbocycles. The first-order valence-electron chi connectivity index (χ1n) is 10.0. The van der Waals surface area contributed by atoms with E-state index in [2.05, 4.69) is 52.2 Å². The van der Waals surface area contributed by atoms with E-state index in [1.165, 1.54) is 5.56 Å². The second-order valence-electron chi connectivity index (χ2n) is 8.20. The molecule has 4 aromatic rings. The van der Waals surface area contributed by atoms with Crippen molar-refractivity contribution in [3.8, 4) is 17.4 Å². The van der Waals surface area contributed by atoms with Crippen LogP contribution >= 0.6 is 15.9 Å². The number of furan rings is 1. The predicted molar refractivity (Wildman–Crippen MR) is 124 cm³/mol. The van der Waals surface area contributed by atoms with Gasteiger partial charge in [0.05, 0.1) is 0 Å². The lowest BCUT2D eigenvalue weighted by molar-refractivity contribution is 0.102. The Morgan fingerprint density at radius 3 is 2.31 bits per heavy atom. The van der Waals surface area contributed by atoms with Gasteiger partial charge in [0.1, 0.15) is 5.75 Å². The standard InChI is InChI=1S/C24H22BrN3O4/c1-24(2,3)16-6-4-15(5-7-16)22(29)26-17-8-10-18(11-9-17)30-14-21-27-28-23(32-21)19-12-13-20(25)31-19/h4-13H,14H2,1-3H3,(H,26,29). The number of rotatable bonds is 6. The minimum absolute atomic E-state index is 0.0452. The highest BCUT2D eigenvalue weighted by Crippen LogP contribution is 2.25. The van der Waals surface area contributed by atoms with E-state index < -0.39 is 0 Å². The summed E-state index contributed by atoms with van der Waals surface area (Å²) in [5, 5.41) is 10.8. The van der Waals surface area contributed by atoms with E-state index in [4.69, 9.17) is 13.6 Å². The first-order valence-corrected chi connectivity index (χ1v) is 10.8. The lowest BCUT2D eigenvalue weighted by atomic mass is 9.87. The number of benzene rings is 2. The zero-order valence-electron chi connectivity index (χ0n) is 17.9. The van der Waals surface area contributed by atoms with Crippen LogP contribution in [-0.4, -0.2) is 16.1 Å². The summed E-state index contributed by atoms with van der Waals surface area (Å²) in [6.07, 6.45) is 0. The molecular weight excluding hydrogens is 474 g/mol. The van der Waals surface area contributed by atoms with Gasteiger partial charge in [0.15, 0.2) is 17.0 Å². The van der Waals surface area contributed by atoms with E-state index in [1.807, 2.05) is 24.3 Å². The summed E-state index contributed by atoms with van der Waals surface area (Å²) in [7, 11) is 0. The Morgan fingerprint density at radius 2 is 1.69 bits per heavy atom. The first kappa shape index (κ1) is 21.8. The average Bonchev–Trinajstić information content (AvgIpc) is 3.41. The van der Waals surface area contributed by atoms with Gasteiger partial charge >= 0.3 is 0 Å². The molecule has 0 saturated carbocycles. The van der Waals surface area contributed by atoms with Crippen LogP contribution in [0.5, 0.6) is 5.75 Å². The van der Waals surface area contributed by atoms with Gasteiger partial charge in [-0.2, -0.15) is 0 Å². The lowest BCUT2D eigenvalue weighted by Gasteiger charge is -2.19. The van der Waals surface area contributed by atoms with Crippen LogP contribution in [0.4, 0.5) is 5.69 Å². The largest absolute Gasteiger partial charge is 0.484 e. The van der Waals surface area contributed by atoms with E-state index in [9.17, 15) is 4.79 Å². The van der Waals surface area contributed by atoms with Crippen molar-refractivity contribution in [2.45, 2.75) is 32.8 Å². The minimum atomic E-state index is -0.165. The molecule has 0 aliphatic rings. The van der Waals surface area contributed by atoms with Crippen LogP contribution in [0.25, 0.3) is 11.7 Å². The fourth-order valence-corrected chi connectivity index (χ4v) is 3.25. The number of amides is 1. The Labute approximate surface area is 193 Å². The van der Waals surface area contributed by atoms with E-state index in [0.717, 1.165) is 0 Å². The van der Waals surface area contributed by atoms with Crippen LogP contribution in [0.15, 0.2) is 74.2 Å². The van der Waals surface area contributed by atoms with E-state index in [1.54, 1.807) is 36.4 Å². The van der Waals surface area contributed by atoms with Gasteiger partial charge in [-0.05, 0) is 75.4 Å². The highest BCUT2D eigenvalue weighted by Gasteiger charge is 2.15. The quantitative estimate of drug-likeness (QED) is 0.341. The Bertz CT molecular complexity index is 1210. The fourth-order valence-electron chi connectivity index (χ4n) is 2.95. The third-order valence-corrected chi connectivity index (χ3v) is 5.16. The molecule has 0 spiro atoms. The number of hydrogen-bond acceptors (Lipinski definition) is 6. The molecule has 7 nitrogen and oxygen atoms in total. The molecule has 4 rings (SSSR count). The summed E-state index contributed by atoms with van der Waals surface area (Å²) in [5.41, 5.74) is 2.50. The van der Waals surface area contributed by atoms with Crippen molar-refractivity contribution in [2.75, 3.05) is 5.32 Å². The van der Waals surface area contributed by atoms with Crippen molar-refractivity contribution in [1.82, 2.24) is 10.2 Å². The van der Waals surface area contributed by atoms with Gasteiger partial charge in [0.25, 0.3) is 17.7 Å². The number of nitrogens with one attached hydrogen (secondary N) is 1. The second kappa shape index (κ2) is 9.00. The lowest BCUT2D eigenvalue weighted by Crippen LogP contribution is -2.14. The Morgan fingerprint density at radius 1 is 0.969 bits per heavy atom. The molecule has 1 N–H and O–H groups in total. The molecule has 0 aliphatic heterocycles. The molecular formula is C24H22BrN3O4. The number of carbonyl (C=O) groups excluding carboxylic acids is 1. The molecule has 0 bridgehead atoms. The summed E-state index contributed by atoms with van der Waals surface area (Å²) < 4.78 is 17.2. The van der Waals surface area contributed by atoms with Gasteiger partial charge in [-0.1, -0.05) is 32.9 Å². The maximum absolute atomic E-state index is 12.5. The zero-order chi connectivity index (χ0) is 22.7. The van der Waals surface area contributed by atoms with Gasteiger partial charge in [0, 0.05) is 11.3 Å². The van der Waals surface area contributed by atoms with Gasteiger partial charge in [-0.3, -0.25) is 4.79 Å². The molecule has 8 heteroatoms. The van der Waals surface area contributed by atoms with Gasteiger partial charge in [-0.15, -0.1) is 10.2 Å². The number of nitrogens with zero attached hydrogens (tertiary/aromatic N) is 2. The van der Waals surface area contributed by atoms with Crippen molar-refractivity contribution < 1.29 is 18.4 Å². The average molecular weight is 496 g/mol. The first-order chi connectivity index (χ1) is 15.3. The Kier molecular flexibility index (Phi) is 6.14. The van der Waals surface area contributed by atoms with Crippen molar-refractivity contribution >= 4 is 27.5 Å². The molecule has 0 atom stereocenters. The molecule has 0 aliphatic carbocycles. The molecule has 1 amide bonds. The molecule has 0 fully saturated rings. The molecule has 0 unspecified atom stereocenters. The number of hydrogen-bond donors (Lipinski definition) is 1. The molecule has 2 aromatic heterocycles. The normalized spacial score (nSPS) is 11.4. The number of halogens is 1. The Balaban J connectivity index is 1.32. The molecule has 0 radical (unpaired) electrons. The van der Waals surface area contributed by atoms with E-state index in [0.29, 0.717) is 33.3 Å². The number of anilines is 1. The van der Waals surface area contributed by atoms with E-state index in [-0.39, 0.29) is 23.8 Å². The topological polar surface area (TPSA) is 90.4 Å². The van der Waals surface area contributed by atoms with Crippen LogP contribution in [-0.2, 0) is 12.0 Å². The number of ether oxygens (including phenoxy) is 1. The fraction of sp³-hybridized carbons (Fsp3) is 0.208. The maximum Gasteiger partial charge on any atom is 0.283 e. The van der Waals surface area contributed by atoms with Gasteiger partial charge in [-0.25, -0.2) is 0 Å². The smallest absolute Gasteiger partial charge is 0.283 e. The highest BCUT2D eigenvalue weighted by molar-refractivity contribution is 9.10. The molecule has 2 heterocycles. The maximum atomic E-state index is 12.5. The van der Waals surface area contributed by atoms with Crippen molar-refractivity contribution in [3.05, 3.63) is 82.4 Å². The Hall–Kier alpha value is -3.39. The third kappa shape index (κ3) is 5.26. The predicted octanol–water partition coefficient (Wildman–Crippen LogP) is 6.22. The highest BCUT2D eigenvalue weighted by atomic mass is 79.9. The van der Waals surface area contributed by atoms with Crippen molar-refractivity contribution in [3.63, 3.8) is 0 Å². The summed E-state index contributed by atoms with van der Waals surface area (Å²) in [6, 6.07) is 18.2. The van der Waals surface area contributed by atoms with Crippen LogP contribution < -0.4 is 10.1 Å². The SMILES string of the molecule is CC(C)(C)c1ccc(C(=O)Nc2ccc(OCc3nnc(-c4ccc(Br)o4)o3)cc2)cc1. The van der Waals surface area contributed by atoms with E-state index >= 15 is 0 Å². The van der Waals surface area contributed by atoms with Crippen LogP contribution in [0, 0.1) is 0 Å². The monoisotopic (exact) mass is 495 g/mol. The van der Waals surface area contributed by atoms with Gasteiger partial charge < -0.3 is 18.9 Å². The van der Waals surface area contributed by atoms with Gasteiger partial charge in [0.2, 0.25) is 0 Å². The second-order valence-corrected chi connectivity index (χ2v) is 8.98. The molecule has 32 heavy (non-hydrogen) atoms. The number of aromatic nitrogens is 2. The van der Waals surface area contributed by atoms with Crippen LogP contribution in [0.1, 0.15) is 42.6 Å². The minimum Gasteiger partial charge on any atom is -0.484 e. The molecule has 164 valence electrons. The van der Waals surface area contributed by atoms with Crippen LogP contribution in [0.3, 0.4) is 0 Å². The van der Waals surface area contributed by atoms with Crippen molar-refractivity contribution in [1.29, 1.82) is 0 Å². The summed E-state index contributed by atoms with van der Waals surface area (Å²) in [6.45, 7) is 6.53. The van der Waals surface area contributed by atoms with Crippen molar-refractivity contribution in [2.24, 2.45) is 0 Å². The number of carbonyl (C=O) groups is 1. The van der Waals surface area contributed by atoms with Crippen LogP contribution in [0.2, 0.25) is 0 Å².